The maximum atomic E-state index is 13.7. The van der Waals surface area contributed by atoms with Gasteiger partial charge < -0.3 is 26.4 Å². The molecule has 1 saturated heterocycles. The molecule has 11 heteroatoms. The number of piperidine rings is 1. The molecule has 3 atom stereocenters. The lowest BCUT2D eigenvalue weighted by molar-refractivity contribution is 0.0827. The molecule has 10 nitrogen and oxygen atoms in total. The average Bonchev–Trinajstić information content (AvgIpc) is 3.05. The molecule has 2 amide bonds. The number of aliphatic hydroxyl groups excluding tert-OH is 1. The van der Waals surface area contributed by atoms with E-state index in [1.807, 2.05) is 67.6 Å². The fraction of sp³-hybridized carbons (Fsp3) is 0.412. The highest BCUT2D eigenvalue weighted by Crippen LogP contribution is 2.20. The van der Waals surface area contributed by atoms with Crippen LogP contribution >= 0.6 is 0 Å². The van der Waals surface area contributed by atoms with Crippen LogP contribution in [0.4, 0.5) is 5.69 Å². The van der Waals surface area contributed by atoms with Crippen LogP contribution in [0.3, 0.4) is 0 Å². The highest BCUT2D eigenvalue weighted by atomic mass is 32.2. The molecule has 6 N–H and O–H groups in total. The Kier molecular flexibility index (Phi) is 12.5. The van der Waals surface area contributed by atoms with Crippen molar-refractivity contribution < 1.29 is 23.1 Å². The van der Waals surface area contributed by atoms with Crippen LogP contribution in [0.2, 0.25) is 0 Å². The molecule has 3 aromatic carbocycles. The van der Waals surface area contributed by atoms with E-state index in [9.17, 15) is 23.1 Å². The topological polar surface area (TPSA) is 149 Å². The summed E-state index contributed by atoms with van der Waals surface area (Å²) in [6.07, 6.45) is 1.64. The molecule has 0 unspecified atom stereocenters. The van der Waals surface area contributed by atoms with Gasteiger partial charge in [0.05, 0.1) is 29.6 Å². The molecule has 242 valence electrons. The summed E-state index contributed by atoms with van der Waals surface area (Å²) in [5.74, 6) is -0.632. The summed E-state index contributed by atoms with van der Waals surface area (Å²) in [4.78, 5) is 27.1. The summed E-state index contributed by atoms with van der Waals surface area (Å²) in [5, 5.41) is 23.9. The third-order valence-electron chi connectivity index (χ3n) is 8.08. The van der Waals surface area contributed by atoms with Crippen LogP contribution in [0.15, 0.2) is 78.9 Å². The quantitative estimate of drug-likeness (QED) is 0.150. The summed E-state index contributed by atoms with van der Waals surface area (Å²) in [6.45, 7) is 6.40. The van der Waals surface area contributed by atoms with Crippen LogP contribution < -0.4 is 26.0 Å². The van der Waals surface area contributed by atoms with E-state index in [4.69, 9.17) is 0 Å². The van der Waals surface area contributed by atoms with Gasteiger partial charge in [-0.05, 0) is 88.0 Å². The lowest BCUT2D eigenvalue weighted by Crippen LogP contribution is -2.49. The second-order valence-electron chi connectivity index (χ2n) is 11.6. The van der Waals surface area contributed by atoms with Crippen LogP contribution in [-0.2, 0) is 16.4 Å². The first kappa shape index (κ1) is 34.1. The smallest absolute Gasteiger partial charge is 0.251 e. The standard InChI is InChI=1S/C34H45N5O5S/c1-3-45(43,44)39-30-20-28(33(41)37-24(2)27-12-8-5-9-13-27)19-29(21-30)34(42)38-31(18-25-10-6-4-7-11-25)32(40)23-36-22-26-14-16-35-17-15-26/h4-13,19-21,24,26,31-32,35-36,39-40H,3,14-18,22-23H2,1-2H3,(H,37,41)(H,38,42)/t24-,31+,32-/m1/s1. The van der Waals surface area contributed by atoms with Crippen LogP contribution in [0.25, 0.3) is 0 Å². The average molecular weight is 636 g/mol. The molecule has 0 spiro atoms. The number of rotatable bonds is 15. The van der Waals surface area contributed by atoms with E-state index in [1.165, 1.54) is 25.1 Å². The van der Waals surface area contributed by atoms with E-state index in [2.05, 4.69) is 26.0 Å². The van der Waals surface area contributed by atoms with Gasteiger partial charge in [-0.2, -0.15) is 0 Å². The normalized spacial score (nSPS) is 15.9. The number of carbonyl (C=O) groups excluding carboxylic acids is 2. The van der Waals surface area contributed by atoms with Crippen molar-refractivity contribution in [2.75, 3.05) is 36.7 Å². The molecule has 0 radical (unpaired) electrons. The fourth-order valence-corrected chi connectivity index (χ4v) is 5.99. The Morgan fingerprint density at radius 1 is 0.911 bits per heavy atom. The number of amides is 2. The first-order valence-electron chi connectivity index (χ1n) is 15.6. The molecule has 1 aliphatic rings. The molecule has 1 fully saturated rings. The van der Waals surface area contributed by atoms with Crippen molar-refractivity contribution >= 4 is 27.5 Å². The summed E-state index contributed by atoms with van der Waals surface area (Å²) >= 11 is 0. The van der Waals surface area contributed by atoms with Crippen molar-refractivity contribution in [2.45, 2.75) is 51.3 Å². The van der Waals surface area contributed by atoms with Gasteiger partial charge in [-0.3, -0.25) is 14.3 Å². The number of hydrogen-bond donors (Lipinski definition) is 6. The minimum absolute atomic E-state index is 0.0942. The molecular formula is C34H45N5O5S. The van der Waals surface area contributed by atoms with E-state index in [0.29, 0.717) is 18.9 Å². The van der Waals surface area contributed by atoms with Crippen LogP contribution in [0.5, 0.6) is 0 Å². The molecule has 4 rings (SSSR count). The summed E-state index contributed by atoms with van der Waals surface area (Å²) < 4.78 is 27.3. The predicted octanol–water partition coefficient (Wildman–Crippen LogP) is 3.23. The molecule has 45 heavy (non-hydrogen) atoms. The largest absolute Gasteiger partial charge is 0.390 e. The minimum atomic E-state index is -3.69. The zero-order valence-corrected chi connectivity index (χ0v) is 26.8. The van der Waals surface area contributed by atoms with Gasteiger partial charge in [0.2, 0.25) is 10.0 Å². The molecule has 0 aromatic heterocycles. The number of anilines is 1. The lowest BCUT2D eigenvalue weighted by atomic mass is 9.97. The van der Waals surface area contributed by atoms with Gasteiger partial charge in [0, 0.05) is 17.7 Å². The van der Waals surface area contributed by atoms with Crippen molar-refractivity contribution in [3.05, 3.63) is 101 Å². The van der Waals surface area contributed by atoms with E-state index < -0.39 is 34.0 Å². The Labute approximate surface area is 266 Å². The number of aliphatic hydroxyl groups is 1. The van der Waals surface area contributed by atoms with E-state index in [-0.39, 0.29) is 28.6 Å². The van der Waals surface area contributed by atoms with Crippen molar-refractivity contribution in [2.24, 2.45) is 5.92 Å². The van der Waals surface area contributed by atoms with Gasteiger partial charge in [0.25, 0.3) is 11.8 Å². The molecule has 0 saturated carbocycles. The zero-order chi connectivity index (χ0) is 32.2. The second-order valence-corrected chi connectivity index (χ2v) is 13.6. The maximum Gasteiger partial charge on any atom is 0.251 e. The second kappa shape index (κ2) is 16.5. The van der Waals surface area contributed by atoms with Gasteiger partial charge in [-0.25, -0.2) is 8.42 Å². The number of nitrogens with one attached hydrogen (secondary N) is 5. The lowest BCUT2D eigenvalue weighted by Gasteiger charge is -2.27. The molecular weight excluding hydrogens is 590 g/mol. The molecule has 1 aliphatic heterocycles. The SMILES string of the molecule is CCS(=O)(=O)Nc1cc(C(=O)N[C@@H](Cc2ccccc2)[C@H](O)CNCC2CCNCC2)cc(C(=O)N[C@H](C)c2ccccc2)c1. The third-order valence-corrected chi connectivity index (χ3v) is 9.39. The Bertz CT molecular complexity index is 1500. The highest BCUT2D eigenvalue weighted by Gasteiger charge is 2.25. The fourth-order valence-electron chi connectivity index (χ4n) is 5.37. The van der Waals surface area contributed by atoms with Crippen LogP contribution in [0.1, 0.15) is 64.6 Å². The molecule has 3 aromatic rings. The monoisotopic (exact) mass is 635 g/mol. The van der Waals surface area contributed by atoms with Crippen LogP contribution in [-0.4, -0.2) is 69.4 Å². The van der Waals surface area contributed by atoms with Gasteiger partial charge in [0.1, 0.15) is 0 Å². The minimum Gasteiger partial charge on any atom is -0.390 e. The molecule has 0 bridgehead atoms. The van der Waals surface area contributed by atoms with Crippen molar-refractivity contribution in [3.8, 4) is 0 Å². The number of hydrogen-bond acceptors (Lipinski definition) is 7. The predicted molar refractivity (Wildman–Crippen MR) is 178 cm³/mol. The summed E-state index contributed by atoms with van der Waals surface area (Å²) in [5.41, 5.74) is 2.17. The van der Waals surface area contributed by atoms with Crippen molar-refractivity contribution in [1.29, 1.82) is 0 Å². The number of sulfonamides is 1. The summed E-state index contributed by atoms with van der Waals surface area (Å²) in [7, 11) is -3.69. The molecule has 0 aliphatic carbocycles. The Morgan fingerprint density at radius 2 is 1.51 bits per heavy atom. The zero-order valence-electron chi connectivity index (χ0n) is 26.0. The van der Waals surface area contributed by atoms with Gasteiger partial charge in [-0.15, -0.1) is 0 Å². The first-order chi connectivity index (χ1) is 21.6. The van der Waals surface area contributed by atoms with Gasteiger partial charge >= 0.3 is 0 Å². The Hall–Kier alpha value is -3.77. The summed E-state index contributed by atoms with van der Waals surface area (Å²) in [6, 6.07) is 22.3. The van der Waals surface area contributed by atoms with Crippen molar-refractivity contribution in [3.63, 3.8) is 0 Å². The van der Waals surface area contributed by atoms with Gasteiger partial charge in [0.15, 0.2) is 0 Å². The highest BCUT2D eigenvalue weighted by molar-refractivity contribution is 7.92. The Balaban J connectivity index is 1.54. The van der Waals surface area contributed by atoms with E-state index in [0.717, 1.165) is 43.6 Å². The number of benzene rings is 3. The maximum absolute atomic E-state index is 13.7. The van der Waals surface area contributed by atoms with Gasteiger partial charge in [-0.1, -0.05) is 60.7 Å². The first-order valence-corrected chi connectivity index (χ1v) is 17.2. The van der Waals surface area contributed by atoms with Crippen molar-refractivity contribution in [1.82, 2.24) is 21.3 Å². The van der Waals surface area contributed by atoms with E-state index >= 15 is 0 Å². The van der Waals surface area contributed by atoms with E-state index in [1.54, 1.807) is 0 Å². The molecule has 1 heterocycles. The third kappa shape index (κ3) is 10.7. The van der Waals surface area contributed by atoms with Crippen LogP contribution in [0, 0.1) is 5.92 Å². The Morgan fingerprint density at radius 3 is 2.13 bits per heavy atom. The number of carbonyl (C=O) groups is 2.